The van der Waals surface area contributed by atoms with Gasteiger partial charge in [0.05, 0.1) is 17.4 Å². The molecule has 3 aromatic rings. The second kappa shape index (κ2) is 5.17. The van der Waals surface area contributed by atoms with Gasteiger partial charge in [0, 0.05) is 15.2 Å². The fourth-order valence-corrected chi connectivity index (χ4v) is 3.20. The molecular weight excluding hydrogens is 264 g/mol. The molecule has 2 aromatic carbocycles. The number of nitrogen functional groups attached to an aromatic ring is 1. The highest BCUT2D eigenvalue weighted by molar-refractivity contribution is 7.99. The maximum absolute atomic E-state index is 6.12. The van der Waals surface area contributed by atoms with Gasteiger partial charge in [-0.25, -0.2) is 0 Å². The van der Waals surface area contributed by atoms with Crippen LogP contribution in [-0.4, -0.2) is 4.98 Å². The van der Waals surface area contributed by atoms with Crippen LogP contribution in [-0.2, 0) is 0 Å². The van der Waals surface area contributed by atoms with Crippen molar-refractivity contribution in [2.45, 2.75) is 23.6 Å². The number of aryl methyl sites for hydroxylation is 2. The Bertz CT molecular complexity index is 781. The largest absolute Gasteiger partial charge is 0.397 e. The van der Waals surface area contributed by atoms with Gasteiger partial charge in [-0.05, 0) is 43.2 Å². The molecule has 0 saturated carbocycles. The lowest BCUT2D eigenvalue weighted by molar-refractivity contribution is 1.27. The predicted molar refractivity (Wildman–Crippen MR) is 86.2 cm³/mol. The summed E-state index contributed by atoms with van der Waals surface area (Å²) in [6.07, 6.45) is 1.74. The minimum absolute atomic E-state index is 0.729. The number of fused-ring (bicyclic) bond motifs is 1. The molecule has 0 spiro atoms. The SMILES string of the molecule is Cc1ccc(Sc2c(N)cnc3ccccc23)cc1C. The van der Waals surface area contributed by atoms with E-state index in [-0.39, 0.29) is 0 Å². The number of nitrogens with two attached hydrogens (primary N) is 1. The van der Waals surface area contributed by atoms with Gasteiger partial charge in [0.2, 0.25) is 0 Å². The molecule has 0 saturated heterocycles. The third kappa shape index (κ3) is 2.37. The summed E-state index contributed by atoms with van der Waals surface area (Å²) in [5.74, 6) is 0. The lowest BCUT2D eigenvalue weighted by Crippen LogP contribution is -1.92. The van der Waals surface area contributed by atoms with Gasteiger partial charge in [0.1, 0.15) is 0 Å². The Balaban J connectivity index is 2.10. The molecule has 0 aliphatic heterocycles. The van der Waals surface area contributed by atoms with Crippen molar-refractivity contribution in [3.05, 3.63) is 59.8 Å². The third-order valence-electron chi connectivity index (χ3n) is 3.45. The Hall–Kier alpha value is -2.00. The summed E-state index contributed by atoms with van der Waals surface area (Å²) in [6, 6.07) is 14.6. The first-order valence-corrected chi connectivity index (χ1v) is 7.35. The van der Waals surface area contributed by atoms with Crippen LogP contribution in [0.25, 0.3) is 10.9 Å². The van der Waals surface area contributed by atoms with Crippen LogP contribution in [0, 0.1) is 13.8 Å². The molecule has 0 aliphatic carbocycles. The standard InChI is InChI=1S/C17H16N2S/c1-11-7-8-13(9-12(11)2)20-17-14-5-3-4-6-16(14)19-10-15(17)18/h3-10H,18H2,1-2H3. The first kappa shape index (κ1) is 13.0. The average molecular weight is 280 g/mol. The lowest BCUT2D eigenvalue weighted by atomic mass is 10.1. The van der Waals surface area contributed by atoms with Gasteiger partial charge in [-0.15, -0.1) is 0 Å². The molecule has 2 nitrogen and oxygen atoms in total. The quantitative estimate of drug-likeness (QED) is 0.746. The van der Waals surface area contributed by atoms with Crippen molar-refractivity contribution in [2.24, 2.45) is 0 Å². The highest BCUT2D eigenvalue weighted by Crippen LogP contribution is 2.37. The van der Waals surface area contributed by atoms with Crippen molar-refractivity contribution in [1.82, 2.24) is 4.98 Å². The van der Waals surface area contributed by atoms with E-state index in [1.807, 2.05) is 18.2 Å². The fourth-order valence-electron chi connectivity index (χ4n) is 2.14. The van der Waals surface area contributed by atoms with Crippen LogP contribution in [0.3, 0.4) is 0 Å². The van der Waals surface area contributed by atoms with Crippen LogP contribution in [0.5, 0.6) is 0 Å². The van der Waals surface area contributed by atoms with E-state index < -0.39 is 0 Å². The Morgan fingerprint density at radius 2 is 1.80 bits per heavy atom. The highest BCUT2D eigenvalue weighted by atomic mass is 32.2. The number of anilines is 1. The number of aromatic nitrogens is 1. The summed E-state index contributed by atoms with van der Waals surface area (Å²) in [5.41, 5.74) is 10.4. The van der Waals surface area contributed by atoms with Gasteiger partial charge in [-0.3, -0.25) is 4.98 Å². The van der Waals surface area contributed by atoms with Gasteiger partial charge >= 0.3 is 0 Å². The fraction of sp³-hybridized carbons (Fsp3) is 0.118. The summed E-state index contributed by atoms with van der Waals surface area (Å²) in [6.45, 7) is 4.26. The molecule has 0 atom stereocenters. The van der Waals surface area contributed by atoms with E-state index in [9.17, 15) is 0 Å². The minimum atomic E-state index is 0.729. The lowest BCUT2D eigenvalue weighted by Gasteiger charge is -2.10. The van der Waals surface area contributed by atoms with E-state index in [0.717, 1.165) is 21.5 Å². The van der Waals surface area contributed by atoms with Crippen LogP contribution in [0.15, 0.2) is 58.5 Å². The van der Waals surface area contributed by atoms with Crippen LogP contribution in [0.2, 0.25) is 0 Å². The van der Waals surface area contributed by atoms with Crippen LogP contribution in [0.1, 0.15) is 11.1 Å². The topological polar surface area (TPSA) is 38.9 Å². The Morgan fingerprint density at radius 1 is 1.00 bits per heavy atom. The molecule has 0 amide bonds. The normalized spacial score (nSPS) is 10.9. The molecule has 2 N–H and O–H groups in total. The van der Waals surface area contributed by atoms with Crippen molar-refractivity contribution in [1.29, 1.82) is 0 Å². The molecule has 0 bridgehead atoms. The number of para-hydroxylation sites is 1. The number of hydrogen-bond donors (Lipinski definition) is 1. The maximum Gasteiger partial charge on any atom is 0.0715 e. The van der Waals surface area contributed by atoms with Gasteiger partial charge in [0.25, 0.3) is 0 Å². The molecule has 0 radical (unpaired) electrons. The summed E-state index contributed by atoms with van der Waals surface area (Å²) in [4.78, 5) is 6.66. The Morgan fingerprint density at radius 3 is 2.60 bits per heavy atom. The molecule has 20 heavy (non-hydrogen) atoms. The van der Waals surface area contributed by atoms with Gasteiger partial charge in [0.15, 0.2) is 0 Å². The van der Waals surface area contributed by atoms with Gasteiger partial charge in [-0.1, -0.05) is 36.0 Å². The molecule has 1 aromatic heterocycles. The maximum atomic E-state index is 6.12. The molecule has 0 fully saturated rings. The van der Waals surface area contributed by atoms with E-state index in [1.54, 1.807) is 18.0 Å². The first-order valence-electron chi connectivity index (χ1n) is 6.53. The summed E-state index contributed by atoms with van der Waals surface area (Å²) < 4.78 is 0. The molecular formula is C17H16N2S. The number of pyridine rings is 1. The predicted octanol–water partition coefficient (Wildman–Crippen LogP) is 4.59. The van der Waals surface area contributed by atoms with E-state index in [4.69, 9.17) is 5.73 Å². The zero-order valence-electron chi connectivity index (χ0n) is 11.6. The highest BCUT2D eigenvalue weighted by Gasteiger charge is 2.08. The van der Waals surface area contributed by atoms with E-state index in [2.05, 4.69) is 43.1 Å². The smallest absolute Gasteiger partial charge is 0.0715 e. The van der Waals surface area contributed by atoms with Crippen molar-refractivity contribution in [3.8, 4) is 0 Å². The minimum Gasteiger partial charge on any atom is -0.397 e. The average Bonchev–Trinajstić information content (AvgIpc) is 2.46. The van der Waals surface area contributed by atoms with E-state index in [1.165, 1.54) is 16.0 Å². The molecule has 1 heterocycles. The van der Waals surface area contributed by atoms with Crippen LogP contribution >= 0.6 is 11.8 Å². The molecule has 100 valence electrons. The monoisotopic (exact) mass is 280 g/mol. The second-order valence-electron chi connectivity index (χ2n) is 4.91. The zero-order chi connectivity index (χ0) is 14.1. The third-order valence-corrected chi connectivity index (χ3v) is 4.60. The molecule has 3 rings (SSSR count). The van der Waals surface area contributed by atoms with Crippen molar-refractivity contribution in [3.63, 3.8) is 0 Å². The number of nitrogens with zero attached hydrogens (tertiary/aromatic N) is 1. The van der Waals surface area contributed by atoms with Gasteiger partial charge in [-0.2, -0.15) is 0 Å². The molecule has 0 unspecified atom stereocenters. The zero-order valence-corrected chi connectivity index (χ0v) is 12.4. The van der Waals surface area contributed by atoms with E-state index in [0.29, 0.717) is 0 Å². The Labute approximate surface area is 123 Å². The number of benzene rings is 2. The van der Waals surface area contributed by atoms with E-state index >= 15 is 0 Å². The first-order chi connectivity index (χ1) is 9.65. The van der Waals surface area contributed by atoms with Crippen molar-refractivity contribution in [2.75, 3.05) is 5.73 Å². The van der Waals surface area contributed by atoms with Crippen molar-refractivity contribution < 1.29 is 0 Å². The Kier molecular flexibility index (Phi) is 3.36. The molecule has 3 heteroatoms. The van der Waals surface area contributed by atoms with Crippen LogP contribution < -0.4 is 5.73 Å². The van der Waals surface area contributed by atoms with Crippen LogP contribution in [0.4, 0.5) is 5.69 Å². The summed E-state index contributed by atoms with van der Waals surface area (Å²) in [7, 11) is 0. The number of rotatable bonds is 2. The van der Waals surface area contributed by atoms with Crippen molar-refractivity contribution >= 4 is 28.4 Å². The summed E-state index contributed by atoms with van der Waals surface area (Å²) in [5, 5.41) is 1.11. The number of hydrogen-bond acceptors (Lipinski definition) is 3. The van der Waals surface area contributed by atoms with Gasteiger partial charge < -0.3 is 5.73 Å². The summed E-state index contributed by atoms with van der Waals surface area (Å²) >= 11 is 1.70. The molecule has 0 aliphatic rings. The second-order valence-corrected chi connectivity index (χ2v) is 5.99.